The molecule has 0 amide bonds. The number of hydrogen-bond donors (Lipinski definition) is 0. The maximum atomic E-state index is 9.75. The van der Waals surface area contributed by atoms with E-state index in [0.717, 1.165) is 0 Å². The molecule has 6 heteroatoms. The van der Waals surface area contributed by atoms with E-state index in [0.29, 0.717) is 0 Å². The smallest absolute Gasteiger partial charge is 0.418 e. The van der Waals surface area contributed by atoms with Crippen LogP contribution >= 0.6 is 0 Å². The molecule has 149 valence electrons. The van der Waals surface area contributed by atoms with Gasteiger partial charge in [0.15, 0.2) is 0 Å². The van der Waals surface area contributed by atoms with Gasteiger partial charge in [-0.15, -0.1) is 13.8 Å². The molecule has 0 aromatic carbocycles. The van der Waals surface area contributed by atoms with Crippen molar-refractivity contribution in [2.75, 3.05) is 0 Å². The molecule has 26 heavy (non-hydrogen) atoms. The second-order valence-electron chi connectivity index (χ2n) is 7.74. The number of hydrogen-bond acceptors (Lipinski definition) is 0. The Kier molecular flexibility index (Phi) is 10.00. The third-order valence-corrected chi connectivity index (χ3v) is 5.12. The number of rotatable bonds is 0. The topological polar surface area (TPSA) is 0 Å². The molecule has 0 bridgehead atoms. The van der Waals surface area contributed by atoms with E-state index in [1.165, 1.54) is 33.4 Å². The molecule has 0 saturated carbocycles. The molecule has 0 aromatic heterocycles. The summed E-state index contributed by atoms with van der Waals surface area (Å²) >= 11 is 0. The Morgan fingerprint density at radius 2 is 0.808 bits per heavy atom. The molecule has 2 aliphatic rings. The third kappa shape index (κ3) is 8.30. The van der Waals surface area contributed by atoms with Gasteiger partial charge in [-0.25, -0.2) is 11.1 Å². The summed E-state index contributed by atoms with van der Waals surface area (Å²) in [5.41, 5.74) is 8.79. The van der Waals surface area contributed by atoms with Crippen LogP contribution in [0.2, 0.25) is 0 Å². The van der Waals surface area contributed by atoms with Crippen LogP contribution in [0, 0.1) is 23.0 Å². The molecule has 0 atom stereocenters. The fourth-order valence-electron chi connectivity index (χ4n) is 2.81. The van der Waals surface area contributed by atoms with Crippen molar-refractivity contribution in [3.8, 4) is 0 Å². The summed E-state index contributed by atoms with van der Waals surface area (Å²) in [5.74, 6) is 0. The van der Waals surface area contributed by atoms with Gasteiger partial charge >= 0.3 is 24.3 Å². The molecule has 0 heterocycles. The Morgan fingerprint density at radius 3 is 0.846 bits per heavy atom. The predicted octanol–water partition coefficient (Wildman–Crippen LogP) is 7.52. The van der Waals surface area contributed by atoms with Gasteiger partial charge in [-0.05, 0) is 0 Å². The van der Waals surface area contributed by atoms with Gasteiger partial charge in [0, 0.05) is 0 Å². The van der Waals surface area contributed by atoms with Crippen molar-refractivity contribution >= 4 is 7.25 Å². The Hall–Kier alpha value is -0.736. The van der Waals surface area contributed by atoms with Gasteiger partial charge < -0.3 is 17.3 Å². The first kappa shape index (κ1) is 27.5. The SMILES string of the molecule is CC1=[C-]C(C)(C)C(C)=C1C.CC1=[C-]C(C)(C)C(C)=C1C.F[B-](F)(F)F.[Fe+3]. The van der Waals surface area contributed by atoms with Crippen molar-refractivity contribution in [1.82, 2.24) is 0 Å². The molecule has 0 fully saturated rings. The molecule has 2 rings (SSSR count). The normalized spacial score (nSPS) is 20.4. The van der Waals surface area contributed by atoms with Gasteiger partial charge in [0.25, 0.3) is 0 Å². The molecule has 0 unspecified atom stereocenters. The quantitative estimate of drug-likeness (QED) is 0.219. The van der Waals surface area contributed by atoms with E-state index in [1.54, 1.807) is 0 Å². The van der Waals surface area contributed by atoms with Crippen LogP contribution in [0.3, 0.4) is 0 Å². The van der Waals surface area contributed by atoms with E-state index >= 15 is 0 Å². The number of allylic oxidation sites excluding steroid dienone is 8. The van der Waals surface area contributed by atoms with Gasteiger partial charge in [0.1, 0.15) is 0 Å². The second kappa shape index (κ2) is 9.46. The van der Waals surface area contributed by atoms with Crippen LogP contribution in [0.25, 0.3) is 0 Å². The zero-order valence-electron chi connectivity index (χ0n) is 17.4. The van der Waals surface area contributed by atoms with Crippen molar-refractivity contribution in [3.05, 3.63) is 45.6 Å². The minimum Gasteiger partial charge on any atom is -0.418 e. The van der Waals surface area contributed by atoms with Crippen molar-refractivity contribution in [1.29, 1.82) is 0 Å². The summed E-state index contributed by atoms with van der Waals surface area (Å²) in [6.07, 6.45) is 6.87. The summed E-state index contributed by atoms with van der Waals surface area (Å²) in [6, 6.07) is 0. The minimum absolute atomic E-state index is 0. The molecule has 0 spiro atoms. The average Bonchev–Trinajstić information content (AvgIpc) is 2.68. The van der Waals surface area contributed by atoms with Gasteiger partial charge in [-0.3, -0.25) is 12.2 Å². The van der Waals surface area contributed by atoms with Crippen LogP contribution in [0.4, 0.5) is 17.3 Å². The van der Waals surface area contributed by atoms with E-state index in [1.807, 2.05) is 0 Å². The van der Waals surface area contributed by atoms with Gasteiger partial charge in [0.2, 0.25) is 0 Å². The van der Waals surface area contributed by atoms with Crippen LogP contribution in [-0.2, 0) is 17.1 Å². The maximum absolute atomic E-state index is 9.75. The van der Waals surface area contributed by atoms with Crippen LogP contribution < -0.4 is 0 Å². The van der Waals surface area contributed by atoms with E-state index in [4.69, 9.17) is 0 Å². The second-order valence-corrected chi connectivity index (χ2v) is 7.74. The zero-order valence-corrected chi connectivity index (χ0v) is 18.5. The van der Waals surface area contributed by atoms with Crippen LogP contribution in [0.1, 0.15) is 69.2 Å². The van der Waals surface area contributed by atoms with E-state index < -0.39 is 7.25 Å². The van der Waals surface area contributed by atoms with Crippen LogP contribution in [0.15, 0.2) is 33.4 Å². The fraction of sp³-hybridized carbons (Fsp3) is 0.600. The Bertz CT molecular complexity index is 577. The summed E-state index contributed by atoms with van der Waals surface area (Å²) in [5, 5.41) is 0. The largest absolute Gasteiger partial charge is 3.00 e. The average molecular weight is 413 g/mol. The molecule has 2 aliphatic carbocycles. The standard InChI is InChI=1S/2C10H15.BF4.Fe/c2*1-7-6-10(4,5)9(3)8(7)2;2-1(3,4)5;/h2*1-5H3;;/q3*-1;+3. The molecule has 0 N–H and O–H groups in total. The van der Waals surface area contributed by atoms with Crippen molar-refractivity contribution in [2.45, 2.75) is 69.2 Å². The van der Waals surface area contributed by atoms with Gasteiger partial charge in [-0.1, -0.05) is 66.2 Å². The van der Waals surface area contributed by atoms with Crippen molar-refractivity contribution in [3.63, 3.8) is 0 Å². The first-order valence-corrected chi connectivity index (χ1v) is 8.37. The summed E-state index contributed by atoms with van der Waals surface area (Å²) in [6.45, 7) is 21.8. The van der Waals surface area contributed by atoms with E-state index in [9.17, 15) is 17.3 Å². The van der Waals surface area contributed by atoms with E-state index in [2.05, 4.69) is 81.4 Å². The molecular formula is C20H30BF4Fe. The summed E-state index contributed by atoms with van der Waals surface area (Å²) < 4.78 is 39.0. The molecule has 0 nitrogen and oxygen atoms in total. The van der Waals surface area contributed by atoms with Gasteiger partial charge in [0.05, 0.1) is 0 Å². The first-order chi connectivity index (χ1) is 10.9. The van der Waals surface area contributed by atoms with E-state index in [-0.39, 0.29) is 27.9 Å². The molecule has 0 saturated heterocycles. The van der Waals surface area contributed by atoms with Crippen LogP contribution in [0.5, 0.6) is 0 Å². The Balaban J connectivity index is 0. The zero-order chi connectivity index (χ0) is 20.4. The Labute approximate surface area is 167 Å². The summed E-state index contributed by atoms with van der Waals surface area (Å²) in [7, 11) is -6.00. The maximum Gasteiger partial charge on any atom is 3.00 e. The Morgan fingerprint density at radius 1 is 0.615 bits per heavy atom. The van der Waals surface area contributed by atoms with Crippen molar-refractivity contribution in [2.24, 2.45) is 10.8 Å². The minimum atomic E-state index is -6.00. The predicted molar refractivity (Wildman–Crippen MR) is 99.4 cm³/mol. The van der Waals surface area contributed by atoms with Gasteiger partial charge in [-0.2, -0.15) is 22.3 Å². The molecular weight excluding hydrogens is 383 g/mol. The third-order valence-electron chi connectivity index (χ3n) is 5.12. The van der Waals surface area contributed by atoms with Crippen molar-refractivity contribution < 1.29 is 34.3 Å². The first-order valence-electron chi connectivity index (χ1n) is 8.37. The molecule has 0 aromatic rings. The monoisotopic (exact) mass is 413 g/mol. The number of halogens is 4. The van der Waals surface area contributed by atoms with Crippen LogP contribution in [-0.4, -0.2) is 7.25 Å². The molecule has 1 radical (unpaired) electrons. The fourth-order valence-corrected chi connectivity index (χ4v) is 2.81. The molecule has 0 aliphatic heterocycles. The summed E-state index contributed by atoms with van der Waals surface area (Å²) in [4.78, 5) is 0.